The Kier molecular flexibility index (Phi) is 5.60. The van der Waals surface area contributed by atoms with Crippen molar-refractivity contribution in [3.63, 3.8) is 0 Å². The second-order valence-corrected chi connectivity index (χ2v) is 2.35. The van der Waals surface area contributed by atoms with Crippen LogP contribution in [0.5, 0.6) is 0 Å². The van der Waals surface area contributed by atoms with Crippen molar-refractivity contribution in [1.82, 2.24) is 0 Å². The first-order chi connectivity index (χ1) is 5.16. The Morgan fingerprint density at radius 1 is 1.45 bits per heavy atom. The van der Waals surface area contributed by atoms with Crippen molar-refractivity contribution in [2.75, 3.05) is 6.61 Å². The van der Waals surface area contributed by atoms with Crippen molar-refractivity contribution < 1.29 is 19.7 Å². The van der Waals surface area contributed by atoms with Crippen LogP contribution < -0.4 is 0 Å². The molecule has 11 heavy (non-hydrogen) atoms. The molecule has 0 saturated heterocycles. The first-order valence-corrected chi connectivity index (χ1v) is 3.44. The molecule has 4 heteroatoms. The first-order valence-electron chi connectivity index (χ1n) is 3.44. The molecule has 0 aromatic carbocycles. The lowest BCUT2D eigenvalue weighted by Gasteiger charge is -1.95. The van der Waals surface area contributed by atoms with Crippen molar-refractivity contribution in [1.29, 1.82) is 0 Å². The maximum Gasteiger partial charge on any atom is 0.140 e. The Hall–Kier alpha value is -0.740. The molecule has 0 aliphatic carbocycles. The van der Waals surface area contributed by atoms with Gasteiger partial charge in [0.1, 0.15) is 11.6 Å². The molecule has 0 amide bonds. The molecule has 0 fully saturated rings. The van der Waals surface area contributed by atoms with Crippen molar-refractivity contribution in [2.45, 2.75) is 26.2 Å². The summed E-state index contributed by atoms with van der Waals surface area (Å²) in [4.78, 5) is 24.9. The minimum atomic E-state index is -0.125. The summed E-state index contributed by atoms with van der Waals surface area (Å²) in [5.74, 6) is -0.227. The standard InChI is InChI=1S/C7H12O4/c1-6(8)5-7(9)3-2-4-11-10/h10H,2-5H2,1H3. The molecule has 0 saturated carbocycles. The highest BCUT2D eigenvalue weighted by molar-refractivity contribution is 5.97. The monoisotopic (exact) mass is 160 g/mol. The summed E-state index contributed by atoms with van der Waals surface area (Å²) in [6.07, 6.45) is 0.744. The Balaban J connectivity index is 3.30. The number of hydrogen-bond donors (Lipinski definition) is 1. The van der Waals surface area contributed by atoms with Gasteiger partial charge in [-0.2, -0.15) is 0 Å². The molecule has 64 valence electrons. The summed E-state index contributed by atoms with van der Waals surface area (Å²) in [6.45, 7) is 1.52. The van der Waals surface area contributed by atoms with E-state index in [1.165, 1.54) is 6.92 Å². The average molecular weight is 160 g/mol. The van der Waals surface area contributed by atoms with Gasteiger partial charge in [-0.05, 0) is 13.3 Å². The lowest BCUT2D eigenvalue weighted by atomic mass is 10.1. The predicted octanol–water partition coefficient (Wildman–Crippen LogP) is 0.804. The smallest absolute Gasteiger partial charge is 0.140 e. The third-order valence-electron chi connectivity index (χ3n) is 1.14. The molecule has 0 unspecified atom stereocenters. The van der Waals surface area contributed by atoms with E-state index in [9.17, 15) is 9.59 Å². The maximum atomic E-state index is 10.8. The van der Waals surface area contributed by atoms with Crippen LogP contribution in [0.2, 0.25) is 0 Å². The molecule has 0 rings (SSSR count). The van der Waals surface area contributed by atoms with Crippen molar-refractivity contribution >= 4 is 11.6 Å². The average Bonchev–Trinajstić information content (AvgIpc) is 1.86. The van der Waals surface area contributed by atoms with Crippen LogP contribution in [0.1, 0.15) is 26.2 Å². The van der Waals surface area contributed by atoms with Gasteiger partial charge < -0.3 is 0 Å². The van der Waals surface area contributed by atoms with E-state index in [1.54, 1.807) is 0 Å². The van der Waals surface area contributed by atoms with E-state index in [2.05, 4.69) is 4.89 Å². The molecule has 0 atom stereocenters. The second kappa shape index (κ2) is 6.00. The molecule has 0 aliphatic heterocycles. The Morgan fingerprint density at radius 3 is 2.55 bits per heavy atom. The summed E-state index contributed by atoms with van der Waals surface area (Å²) in [7, 11) is 0. The molecule has 1 N–H and O–H groups in total. The summed E-state index contributed by atoms with van der Waals surface area (Å²) in [6, 6.07) is 0. The summed E-state index contributed by atoms with van der Waals surface area (Å²) in [5, 5.41) is 7.88. The fourth-order valence-electron chi connectivity index (χ4n) is 0.700. The van der Waals surface area contributed by atoms with Crippen LogP contribution in [0.3, 0.4) is 0 Å². The van der Waals surface area contributed by atoms with Crippen LogP contribution in [0.4, 0.5) is 0 Å². The van der Waals surface area contributed by atoms with Crippen LogP contribution in [-0.4, -0.2) is 23.4 Å². The van der Waals surface area contributed by atoms with E-state index in [-0.39, 0.29) is 24.6 Å². The van der Waals surface area contributed by atoms with Gasteiger partial charge in [-0.3, -0.25) is 14.8 Å². The van der Waals surface area contributed by atoms with Crippen LogP contribution >= 0.6 is 0 Å². The lowest BCUT2D eigenvalue weighted by Crippen LogP contribution is -2.05. The minimum absolute atomic E-state index is 0.00850. The molecule has 0 bridgehead atoms. The number of hydrogen-bond acceptors (Lipinski definition) is 4. The topological polar surface area (TPSA) is 63.6 Å². The third-order valence-corrected chi connectivity index (χ3v) is 1.14. The summed E-state index contributed by atoms with van der Waals surface area (Å²) >= 11 is 0. The van der Waals surface area contributed by atoms with Gasteiger partial charge >= 0.3 is 0 Å². The zero-order valence-electron chi connectivity index (χ0n) is 6.50. The summed E-state index contributed by atoms with van der Waals surface area (Å²) in [5.41, 5.74) is 0. The largest absolute Gasteiger partial charge is 0.300 e. The molecule has 0 aliphatic rings. The normalized spacial score (nSPS) is 9.64. The van der Waals surface area contributed by atoms with Crippen LogP contribution in [0, 0.1) is 0 Å². The van der Waals surface area contributed by atoms with Crippen molar-refractivity contribution in [3.8, 4) is 0 Å². The van der Waals surface area contributed by atoms with Gasteiger partial charge in [0.15, 0.2) is 0 Å². The molecule has 0 radical (unpaired) electrons. The highest BCUT2D eigenvalue weighted by Crippen LogP contribution is 1.95. The van der Waals surface area contributed by atoms with E-state index >= 15 is 0 Å². The molecular weight excluding hydrogens is 148 g/mol. The zero-order valence-corrected chi connectivity index (χ0v) is 6.50. The third kappa shape index (κ3) is 7.15. The van der Waals surface area contributed by atoms with E-state index in [0.29, 0.717) is 12.8 Å². The van der Waals surface area contributed by atoms with Gasteiger partial charge in [-0.1, -0.05) is 0 Å². The predicted molar refractivity (Wildman–Crippen MR) is 38.1 cm³/mol. The van der Waals surface area contributed by atoms with Crippen LogP contribution in [-0.2, 0) is 14.5 Å². The SMILES string of the molecule is CC(=O)CC(=O)CCCOO. The Morgan fingerprint density at radius 2 is 2.09 bits per heavy atom. The Bertz CT molecular complexity index is 141. The number of carbonyl (C=O) groups is 2. The van der Waals surface area contributed by atoms with Gasteiger partial charge in [0.2, 0.25) is 0 Å². The highest BCUT2D eigenvalue weighted by atomic mass is 17.1. The number of Topliss-reactive ketones (excluding diaryl/α,β-unsaturated/α-hetero) is 2. The van der Waals surface area contributed by atoms with Gasteiger partial charge in [0.25, 0.3) is 0 Å². The van der Waals surface area contributed by atoms with Crippen molar-refractivity contribution in [2.24, 2.45) is 0 Å². The van der Waals surface area contributed by atoms with E-state index < -0.39 is 0 Å². The Labute approximate surface area is 65.1 Å². The molecule has 0 heterocycles. The molecule has 0 aromatic heterocycles. The zero-order chi connectivity index (χ0) is 8.69. The fourth-order valence-corrected chi connectivity index (χ4v) is 0.700. The maximum absolute atomic E-state index is 10.8. The van der Waals surface area contributed by atoms with Gasteiger partial charge in [-0.15, -0.1) is 0 Å². The molecule has 4 nitrogen and oxygen atoms in total. The van der Waals surface area contributed by atoms with E-state index in [1.807, 2.05) is 0 Å². The first kappa shape index (κ1) is 10.3. The lowest BCUT2D eigenvalue weighted by molar-refractivity contribution is -0.242. The van der Waals surface area contributed by atoms with Gasteiger partial charge in [0, 0.05) is 6.42 Å². The molecule has 0 aromatic rings. The van der Waals surface area contributed by atoms with E-state index in [0.717, 1.165) is 0 Å². The van der Waals surface area contributed by atoms with Crippen molar-refractivity contribution in [3.05, 3.63) is 0 Å². The number of rotatable bonds is 6. The fraction of sp³-hybridized carbons (Fsp3) is 0.714. The number of carbonyl (C=O) groups excluding carboxylic acids is 2. The van der Waals surface area contributed by atoms with E-state index in [4.69, 9.17) is 5.26 Å². The quantitative estimate of drug-likeness (QED) is 0.270. The summed E-state index contributed by atoms with van der Waals surface area (Å²) < 4.78 is 0. The van der Waals surface area contributed by atoms with Gasteiger partial charge in [0.05, 0.1) is 13.0 Å². The van der Waals surface area contributed by atoms with Crippen LogP contribution in [0.15, 0.2) is 0 Å². The highest BCUT2D eigenvalue weighted by Gasteiger charge is 2.04. The molecule has 0 spiro atoms. The van der Waals surface area contributed by atoms with Crippen LogP contribution in [0.25, 0.3) is 0 Å². The second-order valence-electron chi connectivity index (χ2n) is 2.35. The number of ketones is 2. The van der Waals surface area contributed by atoms with Gasteiger partial charge in [-0.25, -0.2) is 4.89 Å². The minimum Gasteiger partial charge on any atom is -0.300 e. The molecular formula is C7H12O4.